The summed E-state index contributed by atoms with van der Waals surface area (Å²) in [4.78, 5) is 27.5. The molecule has 2 aromatic rings. The second-order valence-electron chi connectivity index (χ2n) is 9.20. The van der Waals surface area contributed by atoms with Gasteiger partial charge >= 0.3 is 0 Å². The van der Waals surface area contributed by atoms with Crippen LogP contribution in [-0.2, 0) is 32.4 Å². The predicted molar refractivity (Wildman–Crippen MR) is 134 cm³/mol. The summed E-state index contributed by atoms with van der Waals surface area (Å²) in [7, 11) is -2.21. The van der Waals surface area contributed by atoms with Crippen LogP contribution in [0.25, 0.3) is 0 Å². The highest BCUT2D eigenvalue weighted by Gasteiger charge is 2.29. The summed E-state index contributed by atoms with van der Waals surface area (Å²) >= 11 is 0. The topological polar surface area (TPSA) is 105 Å². The maximum atomic E-state index is 13.2. The molecule has 0 spiro atoms. The van der Waals surface area contributed by atoms with Crippen molar-refractivity contribution in [3.05, 3.63) is 59.2 Å². The van der Waals surface area contributed by atoms with Crippen molar-refractivity contribution >= 4 is 27.5 Å². The van der Waals surface area contributed by atoms with Crippen LogP contribution in [-0.4, -0.2) is 58.5 Å². The van der Waals surface area contributed by atoms with Gasteiger partial charge in [-0.15, -0.1) is 0 Å². The molecular formula is C26H33N3O5S. The van der Waals surface area contributed by atoms with Crippen LogP contribution in [0, 0.1) is 5.92 Å². The van der Waals surface area contributed by atoms with Crippen molar-refractivity contribution < 1.29 is 22.7 Å². The Labute approximate surface area is 207 Å². The summed E-state index contributed by atoms with van der Waals surface area (Å²) in [5, 5.41) is 2.84. The number of aryl methyl sites for hydroxylation is 2. The van der Waals surface area contributed by atoms with Gasteiger partial charge in [0.05, 0.1) is 17.4 Å². The lowest BCUT2D eigenvalue weighted by Crippen LogP contribution is -2.45. The van der Waals surface area contributed by atoms with Crippen LogP contribution in [0.15, 0.2) is 47.4 Å². The fourth-order valence-electron chi connectivity index (χ4n) is 4.79. The number of methoxy groups -OCH3 is 1. The minimum absolute atomic E-state index is 0.0777. The molecule has 2 aromatic carbocycles. The minimum atomic E-state index is -3.78. The van der Waals surface area contributed by atoms with Gasteiger partial charge in [-0.05, 0) is 80.0 Å². The number of hydrogen-bond acceptors (Lipinski definition) is 5. The number of carbonyl (C=O) groups excluding carboxylic acids is 2. The number of fused-ring (bicyclic) bond motifs is 1. The average Bonchev–Trinajstić information content (AvgIpc) is 2.88. The van der Waals surface area contributed by atoms with E-state index in [4.69, 9.17) is 4.74 Å². The quantitative estimate of drug-likeness (QED) is 0.544. The van der Waals surface area contributed by atoms with E-state index in [9.17, 15) is 18.0 Å². The monoisotopic (exact) mass is 499 g/mol. The van der Waals surface area contributed by atoms with E-state index in [0.717, 1.165) is 44.1 Å². The second-order valence-corrected chi connectivity index (χ2v) is 10.9. The summed E-state index contributed by atoms with van der Waals surface area (Å²) in [5.41, 5.74) is 3.03. The number of benzene rings is 2. The number of piperidine rings is 1. The molecule has 1 aliphatic carbocycles. The number of ether oxygens (including phenoxy) is 1. The van der Waals surface area contributed by atoms with Gasteiger partial charge in [-0.1, -0.05) is 12.1 Å². The van der Waals surface area contributed by atoms with Crippen LogP contribution in [0.3, 0.4) is 0 Å². The van der Waals surface area contributed by atoms with E-state index in [1.165, 1.54) is 5.56 Å². The van der Waals surface area contributed by atoms with Gasteiger partial charge in [0.1, 0.15) is 0 Å². The zero-order valence-corrected chi connectivity index (χ0v) is 20.9. The lowest BCUT2D eigenvalue weighted by molar-refractivity contribution is -0.126. The maximum absolute atomic E-state index is 13.2. The van der Waals surface area contributed by atoms with E-state index in [-0.39, 0.29) is 22.6 Å². The number of likely N-dealkylation sites (tertiary alicyclic amines) is 1. The van der Waals surface area contributed by atoms with Crippen LogP contribution in [0.2, 0.25) is 0 Å². The molecule has 0 saturated carbocycles. The zero-order valence-electron chi connectivity index (χ0n) is 20.1. The molecular weight excluding hydrogens is 466 g/mol. The molecule has 188 valence electrons. The maximum Gasteiger partial charge on any atom is 0.261 e. The third kappa shape index (κ3) is 6.21. The van der Waals surface area contributed by atoms with Crippen molar-refractivity contribution in [2.45, 2.75) is 43.4 Å². The number of carbonyl (C=O) groups is 2. The SMILES string of the molecule is COCCNC(=O)C1CCCN(C(=O)c2cccc(NS(=O)(=O)c3ccc4c(c3)CCCC4)c2)C1. The number of amides is 2. The molecule has 1 heterocycles. The Hall–Kier alpha value is -2.91. The van der Waals surface area contributed by atoms with Crippen molar-refractivity contribution in [2.75, 3.05) is 38.1 Å². The highest BCUT2D eigenvalue weighted by atomic mass is 32.2. The first-order valence-electron chi connectivity index (χ1n) is 12.2. The summed E-state index contributed by atoms with van der Waals surface area (Å²) < 4.78 is 33.7. The molecule has 35 heavy (non-hydrogen) atoms. The molecule has 2 N–H and O–H groups in total. The second kappa shape index (κ2) is 11.2. The van der Waals surface area contributed by atoms with Crippen LogP contribution >= 0.6 is 0 Å². The largest absolute Gasteiger partial charge is 0.383 e. The summed E-state index contributed by atoms with van der Waals surface area (Å²) in [6, 6.07) is 11.8. The van der Waals surface area contributed by atoms with Crippen molar-refractivity contribution in [3.8, 4) is 0 Å². The first-order chi connectivity index (χ1) is 16.9. The summed E-state index contributed by atoms with van der Waals surface area (Å²) in [5.74, 6) is -0.560. The highest BCUT2D eigenvalue weighted by Crippen LogP contribution is 2.26. The normalized spacial score (nSPS) is 18.0. The van der Waals surface area contributed by atoms with Gasteiger partial charge in [-0.2, -0.15) is 0 Å². The molecule has 1 unspecified atom stereocenters. The standard InChI is InChI=1S/C26H33N3O5S/c1-34-15-13-27-25(30)22-9-5-14-29(18-22)26(31)21-8-4-10-23(16-21)28-35(32,33)24-12-11-19-6-2-3-7-20(19)17-24/h4,8,10-12,16-17,22,28H,2-3,5-7,9,13-15,18H2,1H3,(H,27,30). The van der Waals surface area contributed by atoms with Gasteiger partial charge in [0.15, 0.2) is 0 Å². The molecule has 0 bridgehead atoms. The van der Waals surface area contributed by atoms with Gasteiger partial charge in [-0.3, -0.25) is 14.3 Å². The van der Waals surface area contributed by atoms with Gasteiger partial charge in [-0.25, -0.2) is 8.42 Å². The Morgan fingerprint density at radius 1 is 1.06 bits per heavy atom. The predicted octanol–water partition coefficient (Wildman–Crippen LogP) is 2.98. The van der Waals surface area contributed by atoms with Crippen LogP contribution in [0.5, 0.6) is 0 Å². The smallest absolute Gasteiger partial charge is 0.261 e. The van der Waals surface area contributed by atoms with E-state index in [1.807, 2.05) is 6.07 Å². The molecule has 9 heteroatoms. The van der Waals surface area contributed by atoms with Crippen molar-refractivity contribution in [2.24, 2.45) is 5.92 Å². The number of nitrogens with zero attached hydrogens (tertiary/aromatic N) is 1. The highest BCUT2D eigenvalue weighted by molar-refractivity contribution is 7.92. The van der Waals surface area contributed by atoms with Crippen LogP contribution in [0.4, 0.5) is 5.69 Å². The molecule has 1 aliphatic heterocycles. The average molecular weight is 500 g/mol. The van der Waals surface area contributed by atoms with Gasteiger partial charge in [0, 0.05) is 38.0 Å². The molecule has 8 nitrogen and oxygen atoms in total. The van der Waals surface area contributed by atoms with Crippen LogP contribution < -0.4 is 10.0 Å². The Morgan fingerprint density at radius 3 is 2.66 bits per heavy atom. The number of anilines is 1. The molecule has 1 saturated heterocycles. The summed E-state index contributed by atoms with van der Waals surface area (Å²) in [6.07, 6.45) is 5.54. The number of nitrogens with one attached hydrogen (secondary N) is 2. The fraction of sp³-hybridized carbons (Fsp3) is 0.462. The lowest BCUT2D eigenvalue weighted by atomic mass is 9.92. The van der Waals surface area contributed by atoms with E-state index < -0.39 is 10.0 Å². The Kier molecular flexibility index (Phi) is 8.07. The number of rotatable bonds is 8. The van der Waals surface area contributed by atoms with E-state index in [1.54, 1.807) is 48.4 Å². The van der Waals surface area contributed by atoms with Crippen molar-refractivity contribution in [3.63, 3.8) is 0 Å². The zero-order chi connectivity index (χ0) is 24.8. The number of hydrogen-bond donors (Lipinski definition) is 2. The summed E-state index contributed by atoms with van der Waals surface area (Å²) in [6.45, 7) is 1.77. The Balaban J connectivity index is 1.44. The van der Waals surface area contributed by atoms with Crippen molar-refractivity contribution in [1.29, 1.82) is 0 Å². The molecule has 2 aliphatic rings. The van der Waals surface area contributed by atoms with Gasteiger partial charge in [0.2, 0.25) is 5.91 Å². The molecule has 4 rings (SSSR count). The molecule has 1 fully saturated rings. The van der Waals surface area contributed by atoms with Gasteiger partial charge in [0.25, 0.3) is 15.9 Å². The van der Waals surface area contributed by atoms with Crippen molar-refractivity contribution in [1.82, 2.24) is 10.2 Å². The molecule has 0 aromatic heterocycles. The fourth-order valence-corrected chi connectivity index (χ4v) is 5.89. The number of sulfonamides is 1. The van der Waals surface area contributed by atoms with E-state index in [2.05, 4.69) is 10.0 Å². The molecule has 0 radical (unpaired) electrons. The first-order valence-corrected chi connectivity index (χ1v) is 13.7. The molecule has 2 amide bonds. The minimum Gasteiger partial charge on any atom is -0.383 e. The van der Waals surface area contributed by atoms with Gasteiger partial charge < -0.3 is 15.0 Å². The third-order valence-corrected chi connectivity index (χ3v) is 8.06. The Bertz CT molecular complexity index is 1180. The van der Waals surface area contributed by atoms with Crippen LogP contribution in [0.1, 0.15) is 47.2 Å². The molecule has 1 atom stereocenters. The van der Waals surface area contributed by atoms with E-state index >= 15 is 0 Å². The Morgan fingerprint density at radius 2 is 1.86 bits per heavy atom. The first kappa shape index (κ1) is 25.2. The lowest BCUT2D eigenvalue weighted by Gasteiger charge is -2.32. The third-order valence-electron chi connectivity index (χ3n) is 6.68. The van der Waals surface area contributed by atoms with E-state index in [0.29, 0.717) is 37.5 Å².